The zero-order valence-corrected chi connectivity index (χ0v) is 20.6. The minimum atomic E-state index is -1.16. The van der Waals surface area contributed by atoms with Crippen molar-refractivity contribution in [2.24, 2.45) is 11.7 Å². The van der Waals surface area contributed by atoms with Gasteiger partial charge in [-0.25, -0.2) is 0 Å². The summed E-state index contributed by atoms with van der Waals surface area (Å²) in [7, 11) is 0. The number of carbonyl (C=O) groups excluding carboxylic acids is 3. The van der Waals surface area contributed by atoms with Crippen molar-refractivity contribution in [1.29, 1.82) is 0 Å². The van der Waals surface area contributed by atoms with Crippen molar-refractivity contribution in [1.82, 2.24) is 9.69 Å². The number of halogens is 1. The van der Waals surface area contributed by atoms with Crippen molar-refractivity contribution >= 4 is 52.2 Å². The van der Waals surface area contributed by atoms with Crippen molar-refractivity contribution in [3.05, 3.63) is 63.5 Å². The predicted molar refractivity (Wildman–Crippen MR) is 132 cm³/mol. The van der Waals surface area contributed by atoms with Gasteiger partial charge in [0.2, 0.25) is 0 Å². The molecule has 0 unspecified atom stereocenters. The normalized spacial score (nSPS) is 11.9. The SMILES string of the molecule is Cc1ccc([C@H](C(=O)NCCC(C)C)N(C(=O)c2snc(C(N)=O)c2N)c2ccc(Cl)cc2)o1. The molecule has 1 aromatic carbocycles. The number of nitrogens with one attached hydrogen (secondary N) is 1. The summed E-state index contributed by atoms with van der Waals surface area (Å²) < 4.78 is 9.71. The fourth-order valence-electron chi connectivity index (χ4n) is 3.28. The number of carbonyl (C=O) groups is 3. The van der Waals surface area contributed by atoms with Gasteiger partial charge in [-0.2, -0.15) is 4.37 Å². The maximum absolute atomic E-state index is 13.8. The van der Waals surface area contributed by atoms with Gasteiger partial charge in [-0.3, -0.25) is 19.3 Å². The Hall–Kier alpha value is -3.37. The largest absolute Gasteiger partial charge is 0.464 e. The maximum atomic E-state index is 13.8. The summed E-state index contributed by atoms with van der Waals surface area (Å²) in [5.41, 5.74) is 11.4. The lowest BCUT2D eigenvalue weighted by molar-refractivity contribution is -0.122. The fourth-order valence-corrected chi connectivity index (χ4v) is 4.15. The summed E-state index contributed by atoms with van der Waals surface area (Å²) in [6.45, 7) is 6.26. The lowest BCUT2D eigenvalue weighted by atomic mass is 10.1. The molecular weight excluding hydrogens is 478 g/mol. The number of aryl methyl sites for hydroxylation is 1. The minimum absolute atomic E-state index is 0.0213. The number of anilines is 2. The van der Waals surface area contributed by atoms with Gasteiger partial charge in [0.25, 0.3) is 17.7 Å². The van der Waals surface area contributed by atoms with E-state index in [-0.39, 0.29) is 22.0 Å². The molecule has 0 saturated carbocycles. The number of hydrogen-bond acceptors (Lipinski definition) is 7. The molecule has 2 aromatic heterocycles. The second-order valence-electron chi connectivity index (χ2n) is 8.11. The van der Waals surface area contributed by atoms with Crippen molar-refractivity contribution in [3.63, 3.8) is 0 Å². The topological polar surface area (TPSA) is 145 Å². The number of benzene rings is 1. The molecular formula is C23H26ClN5O4S. The van der Waals surface area contributed by atoms with E-state index in [1.165, 1.54) is 4.90 Å². The van der Waals surface area contributed by atoms with Gasteiger partial charge >= 0.3 is 0 Å². The van der Waals surface area contributed by atoms with E-state index in [1.54, 1.807) is 43.3 Å². The van der Waals surface area contributed by atoms with Gasteiger partial charge in [0.15, 0.2) is 11.7 Å². The first-order valence-electron chi connectivity index (χ1n) is 10.6. The van der Waals surface area contributed by atoms with Crippen LogP contribution in [0, 0.1) is 12.8 Å². The molecule has 0 spiro atoms. The molecule has 9 nitrogen and oxygen atoms in total. The molecule has 180 valence electrons. The first kappa shape index (κ1) is 25.3. The van der Waals surface area contributed by atoms with E-state index in [9.17, 15) is 14.4 Å². The van der Waals surface area contributed by atoms with Crippen molar-refractivity contribution in [3.8, 4) is 0 Å². The molecule has 0 radical (unpaired) electrons. The van der Waals surface area contributed by atoms with Gasteiger partial charge < -0.3 is 21.2 Å². The molecule has 3 amide bonds. The van der Waals surface area contributed by atoms with E-state index in [0.717, 1.165) is 18.0 Å². The number of nitrogens with two attached hydrogens (primary N) is 2. The number of furan rings is 1. The van der Waals surface area contributed by atoms with Crippen molar-refractivity contribution in [2.45, 2.75) is 33.2 Å². The first-order valence-corrected chi connectivity index (χ1v) is 11.7. The average Bonchev–Trinajstić information content (AvgIpc) is 3.37. The van der Waals surface area contributed by atoms with E-state index >= 15 is 0 Å². The zero-order chi connectivity index (χ0) is 25.0. The third-order valence-corrected chi connectivity index (χ3v) is 6.14. The summed E-state index contributed by atoms with van der Waals surface area (Å²) >= 11 is 6.79. The lowest BCUT2D eigenvalue weighted by Crippen LogP contribution is -2.44. The molecule has 3 rings (SSSR count). The van der Waals surface area contributed by atoms with Crippen LogP contribution < -0.4 is 21.7 Å². The standard InChI is InChI=1S/C23H26ClN5O4S/c1-12(2)10-11-27-22(31)19(16-9-4-13(3)33-16)29(15-7-5-14(24)6-8-15)23(32)20-17(25)18(21(26)30)28-34-20/h4-9,12,19H,10-11,25H2,1-3H3,(H2,26,30)(H,27,31)/t19-/m1/s1. The highest BCUT2D eigenvalue weighted by Crippen LogP contribution is 2.34. The number of hydrogen-bond donors (Lipinski definition) is 3. The Balaban J connectivity index is 2.12. The van der Waals surface area contributed by atoms with Crippen molar-refractivity contribution in [2.75, 3.05) is 17.2 Å². The second kappa shape index (κ2) is 10.7. The molecule has 0 aliphatic rings. The highest BCUT2D eigenvalue weighted by molar-refractivity contribution is 7.09. The first-order chi connectivity index (χ1) is 16.1. The summed E-state index contributed by atoms with van der Waals surface area (Å²) in [6, 6.07) is 8.61. The third kappa shape index (κ3) is 5.57. The monoisotopic (exact) mass is 503 g/mol. The Morgan fingerprint density at radius 1 is 1.18 bits per heavy atom. The summed E-state index contributed by atoms with van der Waals surface area (Å²) in [5.74, 6) is -0.703. The highest BCUT2D eigenvalue weighted by atomic mass is 35.5. The molecule has 11 heteroatoms. The van der Waals surface area contributed by atoms with Crippen LogP contribution in [0.4, 0.5) is 11.4 Å². The molecule has 0 saturated heterocycles. The molecule has 0 aliphatic heterocycles. The Labute approximate surface area is 206 Å². The van der Waals surface area contributed by atoms with E-state index in [0.29, 0.717) is 28.9 Å². The van der Waals surface area contributed by atoms with Crippen LogP contribution >= 0.6 is 23.1 Å². The van der Waals surface area contributed by atoms with Gasteiger partial charge in [-0.15, -0.1) is 0 Å². The molecule has 1 atom stereocenters. The van der Waals surface area contributed by atoms with E-state index < -0.39 is 23.8 Å². The van der Waals surface area contributed by atoms with E-state index in [1.807, 2.05) is 13.8 Å². The van der Waals surface area contributed by atoms with Crippen LogP contribution in [0.25, 0.3) is 0 Å². The van der Waals surface area contributed by atoms with Crippen LogP contribution in [0.5, 0.6) is 0 Å². The second-order valence-corrected chi connectivity index (χ2v) is 9.32. The highest BCUT2D eigenvalue weighted by Gasteiger charge is 2.37. The van der Waals surface area contributed by atoms with Gasteiger partial charge in [0, 0.05) is 17.3 Å². The number of primary amides is 1. The summed E-state index contributed by atoms with van der Waals surface area (Å²) in [4.78, 5) is 40.1. The maximum Gasteiger partial charge on any atom is 0.273 e. The summed E-state index contributed by atoms with van der Waals surface area (Å²) in [6.07, 6.45) is 0.758. The molecule has 34 heavy (non-hydrogen) atoms. The van der Waals surface area contributed by atoms with Gasteiger partial charge in [0.1, 0.15) is 16.4 Å². The van der Waals surface area contributed by atoms with Crippen LogP contribution in [0.3, 0.4) is 0 Å². The number of rotatable bonds is 9. The number of aromatic nitrogens is 1. The molecule has 0 aliphatic carbocycles. The fraction of sp³-hybridized carbons (Fsp3) is 0.304. The van der Waals surface area contributed by atoms with E-state index in [4.69, 9.17) is 27.5 Å². The minimum Gasteiger partial charge on any atom is -0.464 e. The van der Waals surface area contributed by atoms with E-state index in [2.05, 4.69) is 9.69 Å². The quantitative estimate of drug-likeness (QED) is 0.403. The number of nitrogen functional groups attached to an aromatic ring is 1. The molecule has 2 heterocycles. The van der Waals surface area contributed by atoms with Crippen LogP contribution in [-0.4, -0.2) is 28.6 Å². The third-order valence-electron chi connectivity index (χ3n) is 5.04. The van der Waals surface area contributed by atoms with Gasteiger partial charge in [-0.05, 0) is 67.2 Å². The van der Waals surface area contributed by atoms with Crippen molar-refractivity contribution < 1.29 is 18.8 Å². The Morgan fingerprint density at radius 3 is 2.38 bits per heavy atom. The van der Waals surface area contributed by atoms with Crippen LogP contribution in [-0.2, 0) is 4.79 Å². The average molecular weight is 504 g/mol. The summed E-state index contributed by atoms with van der Waals surface area (Å²) in [5, 5.41) is 3.35. The van der Waals surface area contributed by atoms with Gasteiger partial charge in [-0.1, -0.05) is 25.4 Å². The van der Waals surface area contributed by atoms with Crippen LogP contribution in [0.1, 0.15) is 58.0 Å². The molecule has 3 aromatic rings. The Morgan fingerprint density at radius 2 is 1.85 bits per heavy atom. The molecule has 0 bridgehead atoms. The zero-order valence-electron chi connectivity index (χ0n) is 19.0. The smallest absolute Gasteiger partial charge is 0.273 e. The van der Waals surface area contributed by atoms with Crippen LogP contribution in [0.15, 0.2) is 40.8 Å². The lowest BCUT2D eigenvalue weighted by Gasteiger charge is -2.30. The van der Waals surface area contributed by atoms with Gasteiger partial charge in [0.05, 0.1) is 5.69 Å². The number of amides is 3. The Kier molecular flexibility index (Phi) is 7.95. The molecule has 0 fully saturated rings. The predicted octanol–water partition coefficient (Wildman–Crippen LogP) is 3.93. The number of nitrogens with zero attached hydrogens (tertiary/aromatic N) is 2. The Bertz CT molecular complexity index is 1190. The van der Waals surface area contributed by atoms with Crippen LogP contribution in [0.2, 0.25) is 5.02 Å². The molecule has 5 N–H and O–H groups in total.